The molecule has 8 nitrogen and oxygen atoms in total. The fourth-order valence-electron chi connectivity index (χ4n) is 4.07. The van der Waals surface area contributed by atoms with Gasteiger partial charge in [0.15, 0.2) is 0 Å². The van der Waals surface area contributed by atoms with Crippen LogP contribution >= 0.6 is 11.3 Å². The molecule has 2 N–H and O–H groups in total. The van der Waals surface area contributed by atoms with Gasteiger partial charge in [-0.2, -0.15) is 0 Å². The lowest BCUT2D eigenvalue weighted by Crippen LogP contribution is -2.30. The fourth-order valence-corrected chi connectivity index (χ4v) is 4.93. The lowest BCUT2D eigenvalue weighted by molar-refractivity contribution is -0.137. The first kappa shape index (κ1) is 23.4. The Morgan fingerprint density at radius 1 is 1.09 bits per heavy atom. The number of hydrogen-bond acceptors (Lipinski definition) is 6. The van der Waals surface area contributed by atoms with E-state index in [2.05, 4.69) is 34.6 Å². The van der Waals surface area contributed by atoms with Gasteiger partial charge in [-0.15, -0.1) is 11.3 Å². The summed E-state index contributed by atoms with van der Waals surface area (Å²) < 4.78 is 5.53. The van der Waals surface area contributed by atoms with Crippen LogP contribution in [0.3, 0.4) is 0 Å². The minimum Gasteiger partial charge on any atom is -0.481 e. The first-order valence-electron chi connectivity index (χ1n) is 10.9. The number of ether oxygens (including phenoxy) is 1. The summed E-state index contributed by atoms with van der Waals surface area (Å²) in [5, 5.41) is 12.1. The van der Waals surface area contributed by atoms with Crippen LogP contribution in [0.25, 0.3) is 11.1 Å². The molecule has 0 radical (unpaired) electrons. The number of aryl methyl sites for hydroxylation is 1. The van der Waals surface area contributed by atoms with Gasteiger partial charge in [-0.3, -0.25) is 9.59 Å². The van der Waals surface area contributed by atoms with Gasteiger partial charge in [-0.25, -0.2) is 9.78 Å². The molecule has 0 bridgehead atoms. The number of carboxylic acid groups (broad SMARTS) is 1. The van der Waals surface area contributed by atoms with E-state index in [4.69, 9.17) is 9.84 Å². The normalized spacial score (nSPS) is 12.1. The Kier molecular flexibility index (Phi) is 6.93. The van der Waals surface area contributed by atoms with Gasteiger partial charge in [0.2, 0.25) is 0 Å². The molecule has 3 aromatic rings. The number of nitrogens with one attached hydrogen (secondary N) is 1. The van der Waals surface area contributed by atoms with Gasteiger partial charge in [-0.05, 0) is 29.2 Å². The van der Waals surface area contributed by atoms with E-state index in [0.717, 1.165) is 22.3 Å². The van der Waals surface area contributed by atoms with E-state index in [9.17, 15) is 14.4 Å². The number of amides is 2. The molecule has 4 rings (SSSR count). The van der Waals surface area contributed by atoms with E-state index in [1.165, 1.54) is 16.2 Å². The lowest BCUT2D eigenvalue weighted by atomic mass is 9.98. The van der Waals surface area contributed by atoms with Crippen LogP contribution in [0.2, 0.25) is 0 Å². The van der Waals surface area contributed by atoms with Crippen molar-refractivity contribution in [1.29, 1.82) is 0 Å². The first-order valence-corrected chi connectivity index (χ1v) is 11.7. The van der Waals surface area contributed by atoms with Crippen molar-refractivity contribution < 1.29 is 24.2 Å². The second-order valence-electron chi connectivity index (χ2n) is 8.06. The Bertz CT molecular complexity index is 1190. The number of thiazole rings is 1. The van der Waals surface area contributed by atoms with Crippen molar-refractivity contribution in [3.63, 3.8) is 0 Å². The van der Waals surface area contributed by atoms with Gasteiger partial charge in [0.05, 0.1) is 13.0 Å². The molecule has 0 saturated carbocycles. The number of benzene rings is 2. The molecule has 0 saturated heterocycles. The zero-order valence-corrected chi connectivity index (χ0v) is 19.7. The molecule has 0 spiro atoms. The molecule has 0 aliphatic heterocycles. The summed E-state index contributed by atoms with van der Waals surface area (Å²) in [4.78, 5) is 42.1. The van der Waals surface area contributed by atoms with Crippen molar-refractivity contribution in [3.05, 3.63) is 75.2 Å². The Balaban J connectivity index is 1.33. The standard InChI is InChI=1S/C25H25N3O5S/c1-15-23(24(31)28(2)12-11-22(29)30)27-21(34-15)13-26-25(32)33-14-20-18-9-5-3-7-16(18)17-8-4-6-10-19(17)20/h3-10,20H,11-14H2,1-2H3,(H,26,32)(H,29,30). The first-order chi connectivity index (χ1) is 16.3. The van der Waals surface area contributed by atoms with E-state index < -0.39 is 12.1 Å². The van der Waals surface area contributed by atoms with Gasteiger partial charge in [0.25, 0.3) is 5.91 Å². The van der Waals surface area contributed by atoms with Crippen LogP contribution in [-0.2, 0) is 16.1 Å². The molecular weight excluding hydrogens is 454 g/mol. The molecule has 0 unspecified atom stereocenters. The van der Waals surface area contributed by atoms with Crippen LogP contribution in [0.5, 0.6) is 0 Å². The fraction of sp³-hybridized carbons (Fsp3) is 0.280. The average Bonchev–Trinajstić information content (AvgIpc) is 3.37. The second-order valence-corrected chi connectivity index (χ2v) is 9.35. The number of rotatable bonds is 8. The Morgan fingerprint density at radius 2 is 1.71 bits per heavy atom. The minimum atomic E-state index is -0.970. The molecular formula is C25H25N3O5S. The Morgan fingerprint density at radius 3 is 2.32 bits per heavy atom. The number of carbonyl (C=O) groups is 3. The summed E-state index contributed by atoms with van der Waals surface area (Å²) in [6.45, 7) is 2.22. The van der Waals surface area contributed by atoms with Crippen LogP contribution < -0.4 is 5.32 Å². The van der Waals surface area contributed by atoms with E-state index in [1.807, 2.05) is 24.3 Å². The number of alkyl carbamates (subject to hydrolysis) is 1. The Labute approximate surface area is 201 Å². The number of aliphatic carboxylic acids is 1. The summed E-state index contributed by atoms with van der Waals surface area (Å²) in [6, 6.07) is 16.3. The van der Waals surface area contributed by atoms with Crippen LogP contribution in [0, 0.1) is 6.92 Å². The predicted molar refractivity (Wildman–Crippen MR) is 128 cm³/mol. The molecule has 34 heavy (non-hydrogen) atoms. The summed E-state index contributed by atoms with van der Waals surface area (Å²) in [6.07, 6.45) is -0.692. The third-order valence-electron chi connectivity index (χ3n) is 5.78. The van der Waals surface area contributed by atoms with Crippen LogP contribution in [0.4, 0.5) is 4.79 Å². The quantitative estimate of drug-likeness (QED) is 0.505. The third-order valence-corrected chi connectivity index (χ3v) is 6.75. The highest BCUT2D eigenvalue weighted by Gasteiger charge is 2.29. The highest BCUT2D eigenvalue weighted by atomic mass is 32.1. The molecule has 176 valence electrons. The van der Waals surface area contributed by atoms with Gasteiger partial charge in [-0.1, -0.05) is 48.5 Å². The number of carbonyl (C=O) groups excluding carboxylic acids is 2. The molecule has 2 aromatic carbocycles. The summed E-state index contributed by atoms with van der Waals surface area (Å²) in [7, 11) is 1.54. The van der Waals surface area contributed by atoms with Crippen molar-refractivity contribution in [1.82, 2.24) is 15.2 Å². The maximum absolute atomic E-state index is 12.5. The van der Waals surface area contributed by atoms with Crippen LogP contribution in [-0.4, -0.2) is 53.2 Å². The highest BCUT2D eigenvalue weighted by Crippen LogP contribution is 2.44. The molecule has 1 aromatic heterocycles. The van der Waals surface area contributed by atoms with Crippen molar-refractivity contribution in [2.45, 2.75) is 25.8 Å². The monoisotopic (exact) mass is 479 g/mol. The van der Waals surface area contributed by atoms with E-state index in [-0.39, 0.29) is 43.6 Å². The molecule has 0 fully saturated rings. The van der Waals surface area contributed by atoms with Crippen molar-refractivity contribution in [2.75, 3.05) is 20.2 Å². The van der Waals surface area contributed by atoms with Gasteiger partial charge in [0, 0.05) is 24.4 Å². The Hall–Kier alpha value is -3.72. The molecule has 9 heteroatoms. The van der Waals surface area contributed by atoms with Crippen LogP contribution in [0.15, 0.2) is 48.5 Å². The van der Waals surface area contributed by atoms with E-state index >= 15 is 0 Å². The molecule has 0 atom stereocenters. The summed E-state index contributed by atoms with van der Waals surface area (Å²) >= 11 is 1.31. The van der Waals surface area contributed by atoms with E-state index in [0.29, 0.717) is 9.88 Å². The number of fused-ring (bicyclic) bond motifs is 3. The lowest BCUT2D eigenvalue weighted by Gasteiger charge is -2.15. The zero-order valence-electron chi connectivity index (χ0n) is 18.9. The average molecular weight is 480 g/mol. The third kappa shape index (κ3) is 4.94. The molecule has 1 aliphatic carbocycles. The van der Waals surface area contributed by atoms with Crippen molar-refractivity contribution in [2.24, 2.45) is 0 Å². The minimum absolute atomic E-state index is 0.0224. The van der Waals surface area contributed by atoms with Gasteiger partial charge >= 0.3 is 12.1 Å². The maximum Gasteiger partial charge on any atom is 0.407 e. The van der Waals surface area contributed by atoms with Crippen molar-refractivity contribution in [3.8, 4) is 11.1 Å². The highest BCUT2D eigenvalue weighted by molar-refractivity contribution is 7.11. The number of nitrogens with zero attached hydrogens (tertiary/aromatic N) is 2. The summed E-state index contributed by atoms with van der Waals surface area (Å²) in [5.74, 6) is -1.34. The maximum atomic E-state index is 12.5. The number of hydrogen-bond donors (Lipinski definition) is 2. The van der Waals surface area contributed by atoms with Gasteiger partial charge in [0.1, 0.15) is 17.3 Å². The topological polar surface area (TPSA) is 109 Å². The smallest absolute Gasteiger partial charge is 0.407 e. The number of aromatic nitrogens is 1. The second kappa shape index (κ2) is 10.0. The van der Waals surface area contributed by atoms with E-state index in [1.54, 1.807) is 14.0 Å². The predicted octanol–water partition coefficient (Wildman–Crippen LogP) is 4.04. The zero-order chi connectivity index (χ0) is 24.2. The molecule has 1 aliphatic rings. The molecule has 1 heterocycles. The van der Waals surface area contributed by atoms with Crippen LogP contribution in [0.1, 0.15) is 43.8 Å². The largest absolute Gasteiger partial charge is 0.481 e. The molecule has 2 amide bonds. The number of carboxylic acids is 1. The summed E-state index contributed by atoms with van der Waals surface area (Å²) in [5.41, 5.74) is 4.87. The SMILES string of the molecule is Cc1sc(CNC(=O)OCC2c3ccccc3-c3ccccc32)nc1C(=O)N(C)CCC(=O)O. The van der Waals surface area contributed by atoms with Crippen molar-refractivity contribution >= 4 is 29.3 Å². The van der Waals surface area contributed by atoms with Gasteiger partial charge < -0.3 is 20.1 Å².